The van der Waals surface area contributed by atoms with Gasteiger partial charge in [-0.3, -0.25) is 4.90 Å². The summed E-state index contributed by atoms with van der Waals surface area (Å²) in [5, 5.41) is 0. The fraction of sp³-hybridized carbons (Fsp3) is 0.632. The molecule has 1 fully saturated rings. The molecule has 0 N–H and O–H groups in total. The van der Waals surface area contributed by atoms with Crippen LogP contribution in [0.1, 0.15) is 39.2 Å². The van der Waals surface area contributed by atoms with E-state index in [4.69, 9.17) is 9.47 Å². The van der Waals surface area contributed by atoms with Crippen molar-refractivity contribution in [2.75, 3.05) is 27.2 Å². The Balaban J connectivity index is 1.89. The molecule has 0 aliphatic carbocycles. The first-order valence-corrected chi connectivity index (χ1v) is 9.49. The van der Waals surface area contributed by atoms with Crippen molar-refractivity contribution in [3.05, 3.63) is 28.2 Å². The highest BCUT2D eigenvalue weighted by atomic mass is 79.9. The van der Waals surface area contributed by atoms with Gasteiger partial charge in [0.05, 0.1) is 7.11 Å². The highest BCUT2D eigenvalue weighted by Gasteiger charge is 2.28. The Bertz CT molecular complexity index is 593. The lowest BCUT2D eigenvalue weighted by molar-refractivity contribution is 0.0153. The fourth-order valence-corrected chi connectivity index (χ4v) is 3.40. The lowest BCUT2D eigenvalue weighted by Crippen LogP contribution is -2.46. The molecule has 5 nitrogen and oxygen atoms in total. The van der Waals surface area contributed by atoms with Crippen LogP contribution in [0.5, 0.6) is 5.75 Å². The maximum absolute atomic E-state index is 12.2. The molecule has 1 aromatic carbocycles. The number of carbonyl (C=O) groups excluding carboxylic acids is 1. The molecule has 1 aliphatic heterocycles. The number of nitrogens with zero attached hydrogens (tertiary/aromatic N) is 2. The summed E-state index contributed by atoms with van der Waals surface area (Å²) in [4.78, 5) is 16.3. The van der Waals surface area contributed by atoms with Gasteiger partial charge < -0.3 is 14.4 Å². The molecule has 0 spiro atoms. The van der Waals surface area contributed by atoms with Crippen LogP contribution in [-0.2, 0) is 11.3 Å². The highest BCUT2D eigenvalue weighted by molar-refractivity contribution is 9.10. The van der Waals surface area contributed by atoms with Crippen LogP contribution in [0.3, 0.4) is 0 Å². The van der Waals surface area contributed by atoms with Gasteiger partial charge in [-0.1, -0.05) is 22.0 Å². The van der Waals surface area contributed by atoms with Crippen LogP contribution in [0, 0.1) is 0 Å². The van der Waals surface area contributed by atoms with Gasteiger partial charge >= 0.3 is 6.09 Å². The number of hydrogen-bond acceptors (Lipinski definition) is 4. The smallest absolute Gasteiger partial charge is 0.410 e. The van der Waals surface area contributed by atoms with Gasteiger partial charge in [-0.2, -0.15) is 0 Å². The number of piperidine rings is 1. The number of methoxy groups -OCH3 is 1. The molecule has 1 amide bonds. The number of halogens is 1. The average Bonchev–Trinajstić information content (AvgIpc) is 2.55. The van der Waals surface area contributed by atoms with Gasteiger partial charge in [0.2, 0.25) is 0 Å². The third kappa shape index (κ3) is 5.89. The molecule has 25 heavy (non-hydrogen) atoms. The summed E-state index contributed by atoms with van der Waals surface area (Å²) in [5.41, 5.74) is 0.728. The number of amides is 1. The molecule has 1 aliphatic rings. The molecule has 0 unspecified atom stereocenters. The van der Waals surface area contributed by atoms with Gasteiger partial charge in [0, 0.05) is 35.7 Å². The molecule has 6 heteroatoms. The summed E-state index contributed by atoms with van der Waals surface area (Å²) in [5.74, 6) is 0.896. The Hall–Kier alpha value is -1.27. The van der Waals surface area contributed by atoms with Crippen LogP contribution >= 0.6 is 15.9 Å². The van der Waals surface area contributed by atoms with E-state index in [1.54, 1.807) is 7.11 Å². The molecule has 0 aromatic heterocycles. The topological polar surface area (TPSA) is 42.0 Å². The minimum atomic E-state index is -0.442. The zero-order valence-electron chi connectivity index (χ0n) is 15.8. The lowest BCUT2D eigenvalue weighted by Gasteiger charge is -2.37. The molecule has 0 radical (unpaired) electrons. The molecule has 1 saturated heterocycles. The molecule has 1 aromatic rings. The quantitative estimate of drug-likeness (QED) is 0.739. The van der Waals surface area contributed by atoms with E-state index in [-0.39, 0.29) is 6.09 Å². The van der Waals surface area contributed by atoms with E-state index in [1.807, 2.05) is 37.8 Å². The third-order valence-electron chi connectivity index (χ3n) is 4.41. The maximum Gasteiger partial charge on any atom is 0.410 e. The van der Waals surface area contributed by atoms with Crippen LogP contribution in [0.2, 0.25) is 0 Å². The fourth-order valence-electron chi connectivity index (χ4n) is 3.06. The normalized spacial score (nSPS) is 16.2. The van der Waals surface area contributed by atoms with E-state index in [2.05, 4.69) is 33.9 Å². The first-order valence-electron chi connectivity index (χ1n) is 8.70. The molecular weight excluding hydrogens is 384 g/mol. The number of ether oxygens (including phenoxy) is 2. The van der Waals surface area contributed by atoms with Crippen molar-refractivity contribution in [3.8, 4) is 5.75 Å². The van der Waals surface area contributed by atoms with Crippen LogP contribution < -0.4 is 4.74 Å². The molecule has 0 saturated carbocycles. The van der Waals surface area contributed by atoms with Crippen molar-refractivity contribution < 1.29 is 14.3 Å². The molecule has 140 valence electrons. The number of likely N-dealkylation sites (tertiary alicyclic amines) is 1. The Labute approximate surface area is 159 Å². The van der Waals surface area contributed by atoms with Crippen molar-refractivity contribution in [1.82, 2.24) is 9.80 Å². The summed E-state index contributed by atoms with van der Waals surface area (Å²) < 4.78 is 12.0. The second-order valence-electron chi connectivity index (χ2n) is 7.57. The number of carbonyl (C=O) groups is 1. The zero-order chi connectivity index (χ0) is 18.6. The Morgan fingerprint density at radius 3 is 2.52 bits per heavy atom. The third-order valence-corrected chi connectivity index (χ3v) is 4.90. The average molecular weight is 413 g/mol. The molecule has 0 bridgehead atoms. The van der Waals surface area contributed by atoms with E-state index in [9.17, 15) is 4.79 Å². The Kier molecular flexibility index (Phi) is 6.74. The van der Waals surface area contributed by atoms with E-state index in [0.717, 1.165) is 42.7 Å². The zero-order valence-corrected chi connectivity index (χ0v) is 17.4. The van der Waals surface area contributed by atoms with Gasteiger partial charge in [-0.05, 0) is 52.8 Å². The van der Waals surface area contributed by atoms with Crippen LogP contribution in [-0.4, -0.2) is 54.8 Å². The second-order valence-corrected chi connectivity index (χ2v) is 8.49. The summed E-state index contributed by atoms with van der Waals surface area (Å²) >= 11 is 3.48. The second kappa shape index (κ2) is 8.41. The maximum atomic E-state index is 12.2. The summed E-state index contributed by atoms with van der Waals surface area (Å²) in [6.45, 7) is 8.00. The molecule has 2 rings (SSSR count). The van der Waals surface area contributed by atoms with Crippen molar-refractivity contribution in [1.29, 1.82) is 0 Å². The van der Waals surface area contributed by atoms with E-state index in [1.165, 1.54) is 5.56 Å². The van der Waals surface area contributed by atoms with Gasteiger partial charge in [0.15, 0.2) is 0 Å². The Morgan fingerprint density at radius 1 is 1.32 bits per heavy atom. The van der Waals surface area contributed by atoms with Crippen LogP contribution in [0.4, 0.5) is 4.79 Å². The summed E-state index contributed by atoms with van der Waals surface area (Å²) in [7, 11) is 3.83. The predicted octanol–water partition coefficient (Wildman–Crippen LogP) is 4.29. The Morgan fingerprint density at radius 2 is 1.96 bits per heavy atom. The predicted molar refractivity (Wildman–Crippen MR) is 103 cm³/mol. The van der Waals surface area contributed by atoms with Crippen LogP contribution in [0.25, 0.3) is 0 Å². The van der Waals surface area contributed by atoms with E-state index < -0.39 is 5.60 Å². The number of benzene rings is 1. The van der Waals surface area contributed by atoms with Crippen LogP contribution in [0.15, 0.2) is 22.7 Å². The van der Waals surface area contributed by atoms with Gasteiger partial charge in [-0.25, -0.2) is 4.79 Å². The van der Waals surface area contributed by atoms with Gasteiger partial charge in [0.25, 0.3) is 0 Å². The highest BCUT2D eigenvalue weighted by Crippen LogP contribution is 2.26. The van der Waals surface area contributed by atoms with E-state index >= 15 is 0 Å². The van der Waals surface area contributed by atoms with Crippen molar-refractivity contribution in [2.24, 2.45) is 0 Å². The molecular formula is C19H29BrN2O3. The van der Waals surface area contributed by atoms with Crippen molar-refractivity contribution >= 4 is 22.0 Å². The first-order chi connectivity index (χ1) is 11.7. The first kappa shape index (κ1) is 20.0. The number of hydrogen-bond donors (Lipinski definition) is 0. The minimum absolute atomic E-state index is 0.205. The van der Waals surface area contributed by atoms with Gasteiger partial charge in [-0.15, -0.1) is 0 Å². The SMILES string of the molecule is COc1cc(Br)ccc1CN(C)C1CCN(C(=O)OC(C)(C)C)CC1. The molecule has 0 atom stereocenters. The minimum Gasteiger partial charge on any atom is -0.496 e. The van der Waals surface area contributed by atoms with Crippen molar-refractivity contribution in [2.45, 2.75) is 51.8 Å². The largest absolute Gasteiger partial charge is 0.496 e. The molecule has 1 heterocycles. The van der Waals surface area contributed by atoms with Gasteiger partial charge in [0.1, 0.15) is 11.4 Å². The summed E-state index contributed by atoms with van der Waals surface area (Å²) in [6, 6.07) is 6.58. The van der Waals surface area contributed by atoms with E-state index in [0.29, 0.717) is 6.04 Å². The monoisotopic (exact) mass is 412 g/mol. The number of rotatable bonds is 4. The van der Waals surface area contributed by atoms with Crippen molar-refractivity contribution in [3.63, 3.8) is 0 Å². The lowest BCUT2D eigenvalue weighted by atomic mass is 10.0. The standard InChI is InChI=1S/C19H29BrN2O3/c1-19(2,3)25-18(23)22-10-8-16(9-11-22)21(4)13-14-6-7-15(20)12-17(14)24-5/h6-7,12,16H,8-11,13H2,1-5H3. The summed E-state index contributed by atoms with van der Waals surface area (Å²) in [6.07, 6.45) is 1.70.